The average molecular weight is 193 g/mol. The van der Waals surface area contributed by atoms with Gasteiger partial charge in [0.15, 0.2) is 0 Å². The Kier molecular flexibility index (Phi) is 3.44. The van der Waals surface area contributed by atoms with Gasteiger partial charge >= 0.3 is 0 Å². The number of rotatable bonds is 4. The van der Waals surface area contributed by atoms with Gasteiger partial charge in [-0.1, -0.05) is 5.57 Å². The minimum atomic E-state index is 0.496. The zero-order valence-corrected chi connectivity index (χ0v) is 9.22. The summed E-state index contributed by atoms with van der Waals surface area (Å²) in [6, 6.07) is 0. The Bertz CT molecular complexity index is 292. The van der Waals surface area contributed by atoms with Gasteiger partial charge in [-0.2, -0.15) is 0 Å². The summed E-state index contributed by atoms with van der Waals surface area (Å²) in [4.78, 5) is 4.26. The van der Waals surface area contributed by atoms with Crippen LogP contribution in [0.3, 0.4) is 0 Å². The van der Waals surface area contributed by atoms with Gasteiger partial charge in [-0.05, 0) is 39.5 Å². The lowest BCUT2D eigenvalue weighted by molar-refractivity contribution is 1.11. The number of hydrogen-bond acceptors (Lipinski definition) is 2. The Morgan fingerprint density at radius 1 is 1.36 bits per heavy atom. The summed E-state index contributed by atoms with van der Waals surface area (Å²) >= 11 is 0. The molecule has 0 unspecified atom stereocenters. The van der Waals surface area contributed by atoms with Gasteiger partial charge in [0.2, 0.25) is 0 Å². The molecule has 0 spiro atoms. The first-order valence-electron chi connectivity index (χ1n) is 5.05. The number of allylic oxidation sites excluding steroid dienone is 2. The molecule has 1 fully saturated rings. The smallest absolute Gasteiger partial charge is 0.105 e. The lowest BCUT2D eigenvalue weighted by Gasteiger charge is -2.03. The maximum absolute atomic E-state index is 7.71. The first-order valence-corrected chi connectivity index (χ1v) is 5.05. The molecule has 1 aliphatic carbocycles. The number of amidine groups is 1. The second-order valence-electron chi connectivity index (χ2n) is 4.16. The molecule has 14 heavy (non-hydrogen) atoms. The third-order valence-electron chi connectivity index (χ3n) is 2.48. The van der Waals surface area contributed by atoms with Crippen molar-refractivity contribution in [2.24, 2.45) is 16.6 Å². The second-order valence-corrected chi connectivity index (χ2v) is 4.16. The molecule has 0 amide bonds. The lowest BCUT2D eigenvalue weighted by Crippen LogP contribution is -2.17. The minimum absolute atomic E-state index is 0.496. The molecule has 1 rings (SSSR count). The van der Waals surface area contributed by atoms with Crippen LogP contribution in [0.5, 0.6) is 0 Å². The van der Waals surface area contributed by atoms with Crippen molar-refractivity contribution in [2.75, 3.05) is 0 Å². The minimum Gasteiger partial charge on any atom is -0.387 e. The van der Waals surface area contributed by atoms with Crippen molar-refractivity contribution in [1.82, 2.24) is 0 Å². The van der Waals surface area contributed by atoms with Crippen LogP contribution in [-0.2, 0) is 0 Å². The summed E-state index contributed by atoms with van der Waals surface area (Å²) in [6.07, 6.45) is 2.86. The summed E-state index contributed by atoms with van der Waals surface area (Å²) in [5.74, 6) is 1.07. The highest BCUT2D eigenvalue weighted by atomic mass is 14.9. The molecule has 0 aromatic rings. The van der Waals surface area contributed by atoms with Gasteiger partial charge in [0.1, 0.15) is 5.84 Å². The van der Waals surface area contributed by atoms with Crippen molar-refractivity contribution in [1.29, 1.82) is 5.41 Å². The van der Waals surface area contributed by atoms with Gasteiger partial charge < -0.3 is 11.1 Å². The molecule has 0 bridgehead atoms. The van der Waals surface area contributed by atoms with Crippen LogP contribution in [0.4, 0.5) is 0 Å². The SMILES string of the molecule is CC(C)=C(C)N=C(N)CC(=N)C1CC1. The zero-order chi connectivity index (χ0) is 10.7. The molecule has 1 saturated carbocycles. The van der Waals surface area contributed by atoms with Crippen LogP contribution >= 0.6 is 0 Å². The van der Waals surface area contributed by atoms with Crippen molar-refractivity contribution >= 4 is 11.5 Å². The van der Waals surface area contributed by atoms with Crippen LogP contribution in [0.2, 0.25) is 0 Å². The van der Waals surface area contributed by atoms with E-state index in [1.54, 1.807) is 0 Å². The quantitative estimate of drug-likeness (QED) is 0.523. The van der Waals surface area contributed by atoms with Gasteiger partial charge in [-0.15, -0.1) is 0 Å². The molecule has 0 saturated heterocycles. The molecule has 3 nitrogen and oxygen atoms in total. The van der Waals surface area contributed by atoms with Gasteiger partial charge in [0.25, 0.3) is 0 Å². The highest BCUT2D eigenvalue weighted by molar-refractivity contribution is 6.03. The molecule has 0 heterocycles. The Labute approximate surface area is 85.6 Å². The Morgan fingerprint density at radius 2 is 1.93 bits per heavy atom. The summed E-state index contributed by atoms with van der Waals surface area (Å²) in [7, 11) is 0. The summed E-state index contributed by atoms with van der Waals surface area (Å²) in [5.41, 5.74) is 8.63. The molecule has 0 atom stereocenters. The molecule has 0 aromatic heterocycles. The average Bonchev–Trinajstić information content (AvgIpc) is 2.85. The highest BCUT2D eigenvalue weighted by Crippen LogP contribution is 2.30. The Balaban J connectivity index is 2.52. The lowest BCUT2D eigenvalue weighted by atomic mass is 10.1. The number of nitrogens with two attached hydrogens (primary N) is 1. The number of nitrogens with zero attached hydrogens (tertiary/aromatic N) is 1. The molecule has 0 aliphatic heterocycles. The largest absolute Gasteiger partial charge is 0.387 e. The van der Waals surface area contributed by atoms with Crippen molar-refractivity contribution in [2.45, 2.75) is 40.0 Å². The summed E-state index contributed by atoms with van der Waals surface area (Å²) in [5, 5.41) is 7.71. The van der Waals surface area contributed by atoms with Gasteiger partial charge in [0, 0.05) is 17.8 Å². The fourth-order valence-electron chi connectivity index (χ4n) is 1.14. The van der Waals surface area contributed by atoms with Crippen molar-refractivity contribution in [3.8, 4) is 0 Å². The van der Waals surface area contributed by atoms with E-state index in [1.807, 2.05) is 20.8 Å². The van der Waals surface area contributed by atoms with Crippen LogP contribution in [0.25, 0.3) is 0 Å². The number of hydrogen-bond donors (Lipinski definition) is 2. The van der Waals surface area contributed by atoms with Gasteiger partial charge in [-0.3, -0.25) is 0 Å². The van der Waals surface area contributed by atoms with E-state index in [2.05, 4.69) is 4.99 Å². The molecule has 0 aromatic carbocycles. The third-order valence-corrected chi connectivity index (χ3v) is 2.48. The maximum Gasteiger partial charge on any atom is 0.105 e. The monoisotopic (exact) mass is 193 g/mol. The summed E-state index contributed by atoms with van der Waals surface area (Å²) in [6.45, 7) is 5.97. The molecular weight excluding hydrogens is 174 g/mol. The fraction of sp³-hybridized carbons (Fsp3) is 0.636. The van der Waals surface area contributed by atoms with Crippen LogP contribution in [0.15, 0.2) is 16.3 Å². The highest BCUT2D eigenvalue weighted by Gasteiger charge is 2.26. The predicted octanol–water partition coefficient (Wildman–Crippen LogP) is 2.48. The number of nitrogens with one attached hydrogen (secondary N) is 1. The van der Waals surface area contributed by atoms with E-state index in [0.29, 0.717) is 18.2 Å². The van der Waals surface area contributed by atoms with Crippen LogP contribution in [0, 0.1) is 11.3 Å². The molecule has 3 heteroatoms. The Hall–Kier alpha value is -1.12. The number of aliphatic imine (C=N–C) groups is 1. The van der Waals surface area contributed by atoms with E-state index in [-0.39, 0.29) is 0 Å². The zero-order valence-electron chi connectivity index (χ0n) is 9.22. The fourth-order valence-corrected chi connectivity index (χ4v) is 1.14. The first kappa shape index (κ1) is 11.0. The third kappa shape index (κ3) is 3.32. The second kappa shape index (κ2) is 4.40. The van der Waals surface area contributed by atoms with Crippen molar-refractivity contribution < 1.29 is 0 Å². The standard InChI is InChI=1S/C11H19N3/c1-7(2)8(3)14-11(13)6-10(12)9-4-5-9/h9,12H,4-6H2,1-3H3,(H2,13,14). The van der Waals surface area contributed by atoms with Crippen molar-refractivity contribution in [3.05, 3.63) is 11.3 Å². The van der Waals surface area contributed by atoms with Crippen LogP contribution < -0.4 is 5.73 Å². The maximum atomic E-state index is 7.71. The van der Waals surface area contributed by atoms with Gasteiger partial charge in [-0.25, -0.2) is 4.99 Å². The van der Waals surface area contributed by atoms with E-state index in [0.717, 1.165) is 24.3 Å². The molecule has 78 valence electrons. The van der Waals surface area contributed by atoms with E-state index in [1.165, 1.54) is 5.57 Å². The van der Waals surface area contributed by atoms with E-state index in [4.69, 9.17) is 11.1 Å². The van der Waals surface area contributed by atoms with Crippen LogP contribution in [0.1, 0.15) is 40.0 Å². The normalized spacial score (nSPS) is 16.6. The topological polar surface area (TPSA) is 62.2 Å². The first-order chi connectivity index (χ1) is 6.50. The molecule has 3 N–H and O–H groups in total. The Morgan fingerprint density at radius 3 is 2.36 bits per heavy atom. The molecule has 1 aliphatic rings. The predicted molar refractivity (Wildman–Crippen MR) is 60.7 cm³/mol. The molecular formula is C11H19N3. The molecule has 0 radical (unpaired) electrons. The van der Waals surface area contributed by atoms with Crippen molar-refractivity contribution in [3.63, 3.8) is 0 Å². The van der Waals surface area contributed by atoms with E-state index < -0.39 is 0 Å². The van der Waals surface area contributed by atoms with Crippen LogP contribution in [-0.4, -0.2) is 11.5 Å². The summed E-state index contributed by atoms with van der Waals surface area (Å²) < 4.78 is 0. The van der Waals surface area contributed by atoms with Gasteiger partial charge in [0.05, 0.1) is 0 Å². The van der Waals surface area contributed by atoms with E-state index >= 15 is 0 Å². The van der Waals surface area contributed by atoms with E-state index in [9.17, 15) is 0 Å².